The molecule has 2 aliphatic rings. The fourth-order valence-electron chi connectivity index (χ4n) is 7.67. The van der Waals surface area contributed by atoms with Crippen molar-refractivity contribution >= 4 is 38.4 Å². The topological polar surface area (TPSA) is 114 Å². The number of hydrogen-bond acceptors (Lipinski definition) is 4. The van der Waals surface area contributed by atoms with E-state index in [2.05, 4.69) is 90.4 Å². The third kappa shape index (κ3) is 16.1. The van der Waals surface area contributed by atoms with E-state index < -0.39 is 7.12 Å². The van der Waals surface area contributed by atoms with Gasteiger partial charge >= 0.3 is 7.12 Å². The predicted octanol–water partition coefficient (Wildman–Crippen LogP) is 11.7. The molecule has 8 heteroatoms. The number of aliphatic hydroxyl groups is 2. The number of halogens is 1. The Hall–Kier alpha value is -2.35. The Kier molecular flexibility index (Phi) is 24.3. The molecule has 2 saturated carbocycles. The van der Waals surface area contributed by atoms with Crippen LogP contribution in [0.15, 0.2) is 102 Å². The van der Waals surface area contributed by atoms with Gasteiger partial charge in [0.15, 0.2) is 0 Å². The van der Waals surface area contributed by atoms with Crippen LogP contribution in [0.4, 0.5) is 0 Å². The quantitative estimate of drug-likeness (QED) is 0.0943. The summed E-state index contributed by atoms with van der Waals surface area (Å²) < 4.78 is 1.19. The molecular weight excluding hydrogens is 740 g/mol. The zero-order chi connectivity index (χ0) is 35.7. The predicted molar refractivity (Wildman–Crippen MR) is 236 cm³/mol. The molecule has 0 heterocycles. The maximum atomic E-state index is 9.13. The van der Waals surface area contributed by atoms with Gasteiger partial charge in [-0.3, -0.25) is 0 Å². The molecule has 0 radical (unpaired) electrons. The van der Waals surface area contributed by atoms with Crippen LogP contribution < -0.4 is 5.46 Å². The van der Waals surface area contributed by atoms with Crippen molar-refractivity contribution in [2.75, 3.05) is 0 Å². The van der Waals surface area contributed by atoms with E-state index in [0.29, 0.717) is 5.46 Å². The lowest BCUT2D eigenvalue weighted by Crippen LogP contribution is -2.29. The van der Waals surface area contributed by atoms with Crippen LogP contribution in [0.1, 0.15) is 132 Å². The van der Waals surface area contributed by atoms with E-state index in [1.165, 1.54) is 104 Å². The van der Waals surface area contributed by atoms with E-state index in [-0.39, 0.29) is 36.7 Å². The lowest BCUT2D eigenvalue weighted by Gasteiger charge is -2.28. The van der Waals surface area contributed by atoms with Crippen LogP contribution in [-0.2, 0) is 13.2 Å². The lowest BCUT2D eigenvalue weighted by molar-refractivity contribution is 0.281. The standard InChI is InChI=1S/C22H28O.C15H21Br.C7H9BO3.CH4.H2N.H3P/c1-2-3-17-4-8-19(9-5-17)21-12-14-22(15-13-21)20-10-6-18(16-23)7-11-20;1-2-3-12-4-6-13(7-5-12)14-8-10-15(16)11-9-14;9-5-6-1-3-7(4-2-6)8(10)11;;;/h6-7,10-15,17,19,23H,2-5,8-9,16H2,1H3;8-13H,2-7H2,1H3;1-4,9-11H,5H2;1H4;1H2;1H3/q;;;;-1;. The average Bonchev–Trinajstić information content (AvgIpc) is 3.17. The summed E-state index contributed by atoms with van der Waals surface area (Å²) in [7, 11) is -1.43. The molecule has 0 bridgehead atoms. The Balaban J connectivity index is 0.000000412. The van der Waals surface area contributed by atoms with Gasteiger partial charge < -0.3 is 26.4 Å². The highest BCUT2D eigenvalue weighted by molar-refractivity contribution is 9.10. The van der Waals surface area contributed by atoms with E-state index >= 15 is 0 Å². The van der Waals surface area contributed by atoms with Crippen LogP contribution >= 0.6 is 25.8 Å². The molecule has 1 atom stereocenters. The molecular formula is C45H67BBrNO4P-. The van der Waals surface area contributed by atoms with Gasteiger partial charge in [-0.25, -0.2) is 0 Å². The molecule has 0 saturated heterocycles. The van der Waals surface area contributed by atoms with Gasteiger partial charge in [0, 0.05) is 4.47 Å². The van der Waals surface area contributed by atoms with Crippen molar-refractivity contribution in [3.8, 4) is 11.1 Å². The molecule has 4 aromatic carbocycles. The molecule has 2 fully saturated rings. The van der Waals surface area contributed by atoms with Crippen molar-refractivity contribution < 1.29 is 20.3 Å². The van der Waals surface area contributed by atoms with E-state index in [0.717, 1.165) is 34.8 Å². The minimum atomic E-state index is -1.43. The van der Waals surface area contributed by atoms with E-state index in [1.807, 2.05) is 12.1 Å². The molecule has 4 aromatic rings. The zero-order valence-electron chi connectivity index (χ0n) is 31.5. The summed E-state index contributed by atoms with van der Waals surface area (Å²) in [6.45, 7) is 4.69. The second-order valence-corrected chi connectivity index (χ2v) is 15.2. The van der Waals surface area contributed by atoms with Crippen LogP contribution in [0.5, 0.6) is 0 Å². The molecule has 6 rings (SSSR count). The Labute approximate surface area is 333 Å². The number of nitrogens with two attached hydrogens (primary N) is 1. The summed E-state index contributed by atoms with van der Waals surface area (Å²) in [4.78, 5) is 0. The van der Waals surface area contributed by atoms with Gasteiger partial charge in [-0.2, -0.15) is 9.90 Å². The normalized spacial score (nSPS) is 19.0. The maximum absolute atomic E-state index is 9.13. The van der Waals surface area contributed by atoms with Gasteiger partial charge in [0.25, 0.3) is 0 Å². The van der Waals surface area contributed by atoms with Gasteiger partial charge in [0.2, 0.25) is 0 Å². The van der Waals surface area contributed by atoms with Crippen molar-refractivity contribution in [1.29, 1.82) is 0 Å². The molecule has 5 nitrogen and oxygen atoms in total. The largest absolute Gasteiger partial charge is 0.693 e. The molecule has 0 aromatic heterocycles. The first-order chi connectivity index (χ1) is 24.3. The Morgan fingerprint density at radius 1 is 0.547 bits per heavy atom. The number of hydrogen-bond donors (Lipinski definition) is 4. The van der Waals surface area contributed by atoms with Crippen LogP contribution in [0.2, 0.25) is 0 Å². The number of rotatable bonds is 10. The summed E-state index contributed by atoms with van der Waals surface area (Å²) in [6, 6.07) is 32.7. The Morgan fingerprint density at radius 2 is 0.887 bits per heavy atom. The monoisotopic (exact) mass is 806 g/mol. The summed E-state index contributed by atoms with van der Waals surface area (Å²) in [5.74, 6) is 3.56. The van der Waals surface area contributed by atoms with Gasteiger partial charge in [-0.05, 0) is 126 Å². The molecule has 1 unspecified atom stereocenters. The highest BCUT2D eigenvalue weighted by atomic mass is 79.9. The number of benzene rings is 4. The summed E-state index contributed by atoms with van der Waals surface area (Å²) in [5, 5.41) is 35.1. The molecule has 2 aliphatic carbocycles. The summed E-state index contributed by atoms with van der Waals surface area (Å²) in [6.07, 6.45) is 16.7. The first-order valence-electron chi connectivity index (χ1n) is 18.9. The first-order valence-corrected chi connectivity index (χ1v) is 19.7. The lowest BCUT2D eigenvalue weighted by atomic mass is 9.77. The third-order valence-electron chi connectivity index (χ3n) is 10.7. The Morgan fingerprint density at radius 3 is 1.23 bits per heavy atom. The van der Waals surface area contributed by atoms with Crippen LogP contribution in [0.3, 0.4) is 0 Å². The second-order valence-electron chi connectivity index (χ2n) is 14.3. The molecule has 0 amide bonds. The highest BCUT2D eigenvalue weighted by Crippen LogP contribution is 2.39. The SMILES string of the molecule is C.CCCC1CCC(c2ccc(-c3ccc(CO)cc3)cc2)CC1.CCCC1CCC(c2ccc(Br)cc2)CC1.OCc1ccc(B(O)O)cc1.P.[NH2-]. The minimum absolute atomic E-state index is 0. The van der Waals surface area contributed by atoms with E-state index in [4.69, 9.17) is 20.3 Å². The fourth-order valence-corrected chi connectivity index (χ4v) is 7.93. The number of aliphatic hydroxyl groups excluding tert-OH is 2. The average molecular weight is 808 g/mol. The van der Waals surface area contributed by atoms with Crippen molar-refractivity contribution in [1.82, 2.24) is 0 Å². The second kappa shape index (κ2) is 26.5. The minimum Gasteiger partial charge on any atom is -0.693 e. The van der Waals surface area contributed by atoms with Crippen molar-refractivity contribution in [3.63, 3.8) is 0 Å². The zero-order valence-corrected chi connectivity index (χ0v) is 34.5. The van der Waals surface area contributed by atoms with E-state index in [9.17, 15) is 0 Å². The van der Waals surface area contributed by atoms with Gasteiger partial charge in [-0.15, -0.1) is 0 Å². The highest BCUT2D eigenvalue weighted by Gasteiger charge is 2.22. The molecule has 0 aliphatic heterocycles. The molecule has 292 valence electrons. The molecule has 6 N–H and O–H groups in total. The molecule has 53 heavy (non-hydrogen) atoms. The van der Waals surface area contributed by atoms with Crippen molar-refractivity contribution in [2.24, 2.45) is 11.8 Å². The van der Waals surface area contributed by atoms with E-state index in [1.54, 1.807) is 24.3 Å². The first kappa shape index (κ1) is 48.7. The van der Waals surface area contributed by atoms with Crippen LogP contribution in [-0.4, -0.2) is 27.4 Å². The third-order valence-corrected chi connectivity index (χ3v) is 11.3. The van der Waals surface area contributed by atoms with Crippen molar-refractivity contribution in [3.05, 3.63) is 130 Å². The smallest absolute Gasteiger partial charge is 0.488 e. The Bertz CT molecular complexity index is 1490. The summed E-state index contributed by atoms with van der Waals surface area (Å²) >= 11 is 3.50. The van der Waals surface area contributed by atoms with Crippen molar-refractivity contribution in [2.45, 2.75) is 123 Å². The van der Waals surface area contributed by atoms with Gasteiger partial charge in [-0.1, -0.05) is 148 Å². The summed E-state index contributed by atoms with van der Waals surface area (Å²) in [5.41, 5.74) is 7.69. The van der Waals surface area contributed by atoms with Gasteiger partial charge in [0.05, 0.1) is 13.2 Å². The fraction of sp³-hybridized carbons (Fsp3) is 0.467. The van der Waals surface area contributed by atoms with Crippen LogP contribution in [0.25, 0.3) is 17.3 Å². The van der Waals surface area contributed by atoms with Crippen LogP contribution in [0, 0.1) is 11.8 Å². The molecule has 0 spiro atoms. The van der Waals surface area contributed by atoms with Gasteiger partial charge in [0.1, 0.15) is 0 Å². The maximum Gasteiger partial charge on any atom is 0.488 e.